The van der Waals surface area contributed by atoms with Crippen molar-refractivity contribution in [2.24, 2.45) is 0 Å². The Bertz CT molecular complexity index is 792. The van der Waals surface area contributed by atoms with Crippen LogP contribution >= 0.6 is 0 Å². The Kier molecular flexibility index (Phi) is 4.54. The molecular weight excluding hydrogens is 294 g/mol. The fraction of sp³-hybridized carbons (Fsp3) is 0.286. The van der Waals surface area contributed by atoms with E-state index in [0.717, 1.165) is 39.3 Å². The molecule has 0 spiro atoms. The summed E-state index contributed by atoms with van der Waals surface area (Å²) in [5, 5.41) is 2.66. The first kappa shape index (κ1) is 15.3. The van der Waals surface area contributed by atoms with E-state index in [0.29, 0.717) is 0 Å². The van der Waals surface area contributed by atoms with Crippen LogP contribution in [0.3, 0.4) is 0 Å². The zero-order valence-electron chi connectivity index (χ0n) is 13.9. The minimum Gasteiger partial charge on any atom is -0.297 e. The summed E-state index contributed by atoms with van der Waals surface area (Å²) >= 11 is 0. The monoisotopic (exact) mass is 317 g/mol. The Morgan fingerprint density at radius 3 is 2.00 bits per heavy atom. The van der Waals surface area contributed by atoms with E-state index in [4.69, 9.17) is 0 Å². The largest absolute Gasteiger partial charge is 0.297 e. The zero-order valence-corrected chi connectivity index (χ0v) is 13.9. The van der Waals surface area contributed by atoms with E-state index >= 15 is 0 Å². The van der Waals surface area contributed by atoms with Crippen LogP contribution < -0.4 is 0 Å². The van der Waals surface area contributed by atoms with Crippen LogP contribution in [0.15, 0.2) is 67.0 Å². The molecule has 1 aliphatic rings. The molecule has 0 amide bonds. The molecule has 24 heavy (non-hydrogen) atoms. The van der Waals surface area contributed by atoms with E-state index in [2.05, 4.69) is 69.4 Å². The molecule has 1 fully saturated rings. The molecule has 0 radical (unpaired) electrons. The lowest BCUT2D eigenvalue weighted by atomic mass is 10.1. The molecule has 122 valence electrons. The van der Waals surface area contributed by atoms with E-state index in [9.17, 15) is 0 Å². The molecule has 2 aromatic carbocycles. The van der Waals surface area contributed by atoms with Crippen molar-refractivity contribution in [2.75, 3.05) is 26.2 Å². The maximum atomic E-state index is 4.09. The van der Waals surface area contributed by atoms with Crippen molar-refractivity contribution < 1.29 is 0 Å². The summed E-state index contributed by atoms with van der Waals surface area (Å²) in [6.45, 7) is 6.63. The lowest BCUT2D eigenvalue weighted by Crippen LogP contribution is -2.45. The van der Waals surface area contributed by atoms with Gasteiger partial charge in [-0.1, -0.05) is 36.4 Å². The molecule has 4 rings (SSSR count). The smallest absolute Gasteiger partial charge is 0.0271 e. The number of piperazine rings is 1. The fourth-order valence-electron chi connectivity index (χ4n) is 3.45. The summed E-state index contributed by atoms with van der Waals surface area (Å²) < 4.78 is 0. The molecular formula is C21H23N3. The average molecular weight is 317 g/mol. The van der Waals surface area contributed by atoms with Crippen molar-refractivity contribution in [3.63, 3.8) is 0 Å². The zero-order chi connectivity index (χ0) is 16.2. The van der Waals surface area contributed by atoms with Crippen LogP contribution in [0.1, 0.15) is 11.1 Å². The molecule has 0 bridgehead atoms. The highest BCUT2D eigenvalue weighted by Crippen LogP contribution is 2.18. The quantitative estimate of drug-likeness (QED) is 0.733. The van der Waals surface area contributed by atoms with Gasteiger partial charge < -0.3 is 0 Å². The lowest BCUT2D eigenvalue weighted by Gasteiger charge is -2.34. The highest BCUT2D eigenvalue weighted by molar-refractivity contribution is 5.82. The van der Waals surface area contributed by atoms with Gasteiger partial charge in [0.05, 0.1) is 0 Å². The van der Waals surface area contributed by atoms with Crippen LogP contribution in [0.25, 0.3) is 10.8 Å². The Hall–Kier alpha value is -2.23. The summed E-state index contributed by atoms with van der Waals surface area (Å²) in [4.78, 5) is 9.19. The number of benzene rings is 2. The molecule has 1 aliphatic heterocycles. The van der Waals surface area contributed by atoms with Crippen LogP contribution in [0.4, 0.5) is 0 Å². The normalized spacial score (nSPS) is 16.5. The second-order valence-corrected chi connectivity index (χ2v) is 6.59. The molecule has 0 N–H and O–H groups in total. The molecule has 0 aliphatic carbocycles. The van der Waals surface area contributed by atoms with Gasteiger partial charge >= 0.3 is 0 Å². The third-order valence-electron chi connectivity index (χ3n) is 4.84. The molecule has 3 nitrogen and oxygen atoms in total. The van der Waals surface area contributed by atoms with Crippen molar-refractivity contribution in [2.45, 2.75) is 13.1 Å². The van der Waals surface area contributed by atoms with E-state index in [1.54, 1.807) is 0 Å². The standard InChI is InChI=1S/C21H23N3/c1-2-4-21-15-19(5-6-20(21)3-1)17-24-13-11-23(12-14-24)16-18-7-9-22-10-8-18/h1-10,15H,11-14,16-17H2. The highest BCUT2D eigenvalue weighted by Gasteiger charge is 2.17. The van der Waals surface area contributed by atoms with Crippen molar-refractivity contribution in [3.8, 4) is 0 Å². The predicted octanol–water partition coefficient (Wildman–Crippen LogP) is 3.55. The SMILES string of the molecule is c1ccc2cc(CN3CCN(Cc4ccncc4)CC3)ccc2c1. The average Bonchev–Trinajstić information content (AvgIpc) is 2.64. The molecule has 1 aromatic heterocycles. The van der Waals surface area contributed by atoms with Crippen molar-refractivity contribution >= 4 is 10.8 Å². The number of aromatic nitrogens is 1. The first-order valence-corrected chi connectivity index (χ1v) is 8.68. The van der Waals surface area contributed by atoms with Gasteiger partial charge in [-0.05, 0) is 40.1 Å². The summed E-state index contributed by atoms with van der Waals surface area (Å²) in [6, 6.07) is 19.7. The molecule has 3 heteroatoms. The lowest BCUT2D eigenvalue weighted by molar-refractivity contribution is 0.122. The fourth-order valence-corrected chi connectivity index (χ4v) is 3.45. The number of hydrogen-bond acceptors (Lipinski definition) is 3. The molecule has 3 aromatic rings. The molecule has 0 atom stereocenters. The molecule has 1 saturated heterocycles. The molecule has 2 heterocycles. The summed E-state index contributed by atoms with van der Waals surface area (Å²) in [5.41, 5.74) is 2.77. The van der Waals surface area contributed by atoms with E-state index in [-0.39, 0.29) is 0 Å². The van der Waals surface area contributed by atoms with Gasteiger partial charge in [-0.15, -0.1) is 0 Å². The second-order valence-electron chi connectivity index (χ2n) is 6.59. The van der Waals surface area contributed by atoms with Gasteiger partial charge in [-0.25, -0.2) is 0 Å². The third kappa shape index (κ3) is 3.64. The van der Waals surface area contributed by atoms with Gasteiger partial charge in [-0.3, -0.25) is 14.8 Å². The van der Waals surface area contributed by atoms with E-state index in [1.165, 1.54) is 21.9 Å². The maximum Gasteiger partial charge on any atom is 0.0271 e. The van der Waals surface area contributed by atoms with Crippen LogP contribution in [0, 0.1) is 0 Å². The number of fused-ring (bicyclic) bond motifs is 1. The number of hydrogen-bond donors (Lipinski definition) is 0. The van der Waals surface area contributed by atoms with Crippen molar-refractivity contribution in [1.29, 1.82) is 0 Å². The van der Waals surface area contributed by atoms with Gasteiger partial charge in [0.15, 0.2) is 0 Å². The van der Waals surface area contributed by atoms with Gasteiger partial charge in [0.1, 0.15) is 0 Å². The Labute approximate surface area is 143 Å². The van der Waals surface area contributed by atoms with E-state index < -0.39 is 0 Å². The summed E-state index contributed by atoms with van der Waals surface area (Å²) in [5.74, 6) is 0. The predicted molar refractivity (Wildman–Crippen MR) is 98.7 cm³/mol. The second kappa shape index (κ2) is 7.12. The van der Waals surface area contributed by atoms with Crippen LogP contribution in [0.5, 0.6) is 0 Å². The highest BCUT2D eigenvalue weighted by atomic mass is 15.3. The third-order valence-corrected chi connectivity index (χ3v) is 4.84. The van der Waals surface area contributed by atoms with Gasteiger partial charge in [0.25, 0.3) is 0 Å². The minimum atomic E-state index is 1.03. The Morgan fingerprint density at radius 1 is 0.667 bits per heavy atom. The first-order chi connectivity index (χ1) is 11.9. The number of rotatable bonds is 4. The molecule has 0 unspecified atom stereocenters. The minimum absolute atomic E-state index is 1.03. The maximum absolute atomic E-state index is 4.09. The van der Waals surface area contributed by atoms with Crippen LogP contribution in [-0.4, -0.2) is 41.0 Å². The number of nitrogens with zero attached hydrogens (tertiary/aromatic N) is 3. The summed E-state index contributed by atoms with van der Waals surface area (Å²) in [6.07, 6.45) is 3.76. The van der Waals surface area contributed by atoms with Crippen LogP contribution in [0.2, 0.25) is 0 Å². The van der Waals surface area contributed by atoms with Gasteiger partial charge in [0, 0.05) is 51.7 Å². The van der Waals surface area contributed by atoms with Crippen molar-refractivity contribution in [3.05, 3.63) is 78.1 Å². The van der Waals surface area contributed by atoms with Gasteiger partial charge in [-0.2, -0.15) is 0 Å². The van der Waals surface area contributed by atoms with E-state index in [1.807, 2.05) is 12.4 Å². The number of pyridine rings is 1. The molecule has 0 saturated carbocycles. The van der Waals surface area contributed by atoms with Crippen LogP contribution in [-0.2, 0) is 13.1 Å². The Balaban J connectivity index is 1.34. The first-order valence-electron chi connectivity index (χ1n) is 8.68. The Morgan fingerprint density at radius 2 is 1.29 bits per heavy atom. The summed E-state index contributed by atoms with van der Waals surface area (Å²) in [7, 11) is 0. The topological polar surface area (TPSA) is 19.4 Å². The van der Waals surface area contributed by atoms with Gasteiger partial charge in [0.2, 0.25) is 0 Å². The van der Waals surface area contributed by atoms with Crippen molar-refractivity contribution in [1.82, 2.24) is 14.8 Å².